The second-order valence-electron chi connectivity index (χ2n) is 2.99. The normalized spacial score (nSPS) is 10.5. The Morgan fingerprint density at radius 3 is 2.87 bits per heavy atom. The molecule has 0 saturated heterocycles. The molecule has 1 heterocycles. The van der Waals surface area contributed by atoms with E-state index in [4.69, 9.17) is 0 Å². The van der Waals surface area contributed by atoms with Crippen LogP contribution in [0.25, 0.3) is 0 Å². The summed E-state index contributed by atoms with van der Waals surface area (Å²) in [5.74, 6) is -0.317. The number of rotatable bonds is 4. The highest BCUT2D eigenvalue weighted by Gasteiger charge is 2.04. The van der Waals surface area contributed by atoms with Gasteiger partial charge in [0.2, 0.25) is 0 Å². The van der Waals surface area contributed by atoms with E-state index < -0.39 is 0 Å². The van der Waals surface area contributed by atoms with Gasteiger partial charge in [-0.05, 0) is 6.42 Å². The van der Waals surface area contributed by atoms with Crippen molar-refractivity contribution in [1.29, 1.82) is 0 Å². The molecule has 15 heavy (non-hydrogen) atoms. The Kier molecular flexibility index (Phi) is 4.28. The van der Waals surface area contributed by atoms with Crippen molar-refractivity contribution in [3.8, 4) is 0 Å². The van der Waals surface area contributed by atoms with Gasteiger partial charge in [-0.2, -0.15) is 9.83 Å². The zero-order chi connectivity index (χ0) is 11.1. The van der Waals surface area contributed by atoms with Crippen molar-refractivity contribution in [2.45, 2.75) is 19.8 Å². The molecule has 0 bridgehead atoms. The molecule has 0 radical (unpaired) electrons. The Balaban J connectivity index is 2.50. The second-order valence-corrected chi connectivity index (χ2v) is 2.99. The molecule has 0 unspecified atom stereocenters. The van der Waals surface area contributed by atoms with Crippen molar-refractivity contribution in [3.63, 3.8) is 0 Å². The fourth-order valence-corrected chi connectivity index (χ4v) is 0.927. The van der Waals surface area contributed by atoms with Crippen LogP contribution in [0.15, 0.2) is 29.6 Å². The molecule has 0 fully saturated rings. The molecular formula is C10H13N3O2. The van der Waals surface area contributed by atoms with Crippen molar-refractivity contribution >= 4 is 12.1 Å². The van der Waals surface area contributed by atoms with Crippen LogP contribution in [0.3, 0.4) is 0 Å². The molecule has 1 aromatic heterocycles. The zero-order valence-corrected chi connectivity index (χ0v) is 8.51. The Hall–Kier alpha value is -1.91. The molecule has 1 amide bonds. The first-order valence-corrected chi connectivity index (χ1v) is 4.74. The van der Waals surface area contributed by atoms with E-state index in [1.54, 1.807) is 6.21 Å². The zero-order valence-electron chi connectivity index (χ0n) is 8.51. The summed E-state index contributed by atoms with van der Waals surface area (Å²) in [5, 5.41) is 14.4. The van der Waals surface area contributed by atoms with E-state index in [0.717, 1.165) is 12.8 Å². The monoisotopic (exact) mass is 207 g/mol. The van der Waals surface area contributed by atoms with E-state index in [2.05, 4.69) is 10.5 Å². The van der Waals surface area contributed by atoms with E-state index >= 15 is 0 Å². The molecule has 0 aliphatic carbocycles. The van der Waals surface area contributed by atoms with Gasteiger partial charge in [-0.15, -0.1) is 0 Å². The minimum Gasteiger partial charge on any atom is -0.619 e. The number of unbranched alkanes of at least 4 members (excludes halogenated alkanes) is 1. The van der Waals surface area contributed by atoms with Gasteiger partial charge in [-0.25, -0.2) is 5.43 Å². The van der Waals surface area contributed by atoms with Crippen molar-refractivity contribution in [3.05, 3.63) is 35.3 Å². The SMILES string of the molecule is CCC/C=N\NC(=O)c1cc[n+]([O-])cc1. The maximum Gasteiger partial charge on any atom is 0.271 e. The van der Waals surface area contributed by atoms with Crippen molar-refractivity contribution < 1.29 is 9.52 Å². The van der Waals surface area contributed by atoms with Crippen LogP contribution < -0.4 is 10.2 Å². The Bertz CT molecular complexity index is 346. The standard InChI is InChI=1S/C10H13N3O2/c1-2-3-6-11-12-10(14)9-4-7-13(15)8-5-9/h4-8H,2-3H2,1H3,(H,12,14)/b11-6-. The highest BCUT2D eigenvalue weighted by molar-refractivity contribution is 5.94. The van der Waals surface area contributed by atoms with Gasteiger partial charge in [-0.3, -0.25) is 4.79 Å². The largest absolute Gasteiger partial charge is 0.619 e. The van der Waals surface area contributed by atoms with Gasteiger partial charge >= 0.3 is 0 Å². The van der Waals surface area contributed by atoms with Crippen molar-refractivity contribution in [2.75, 3.05) is 0 Å². The summed E-state index contributed by atoms with van der Waals surface area (Å²) in [6.07, 6.45) is 6.00. The number of hydrogen-bond donors (Lipinski definition) is 1. The molecule has 1 N–H and O–H groups in total. The van der Waals surface area contributed by atoms with Gasteiger partial charge in [0, 0.05) is 18.3 Å². The van der Waals surface area contributed by atoms with Gasteiger partial charge < -0.3 is 5.21 Å². The third-order valence-electron chi connectivity index (χ3n) is 1.74. The molecule has 1 rings (SSSR count). The third kappa shape index (κ3) is 3.76. The van der Waals surface area contributed by atoms with Crippen molar-refractivity contribution in [2.24, 2.45) is 5.10 Å². The summed E-state index contributed by atoms with van der Waals surface area (Å²) in [7, 11) is 0. The number of hydrogen-bond acceptors (Lipinski definition) is 3. The fourth-order valence-electron chi connectivity index (χ4n) is 0.927. The van der Waals surface area contributed by atoms with Gasteiger partial charge in [0.15, 0.2) is 12.4 Å². The van der Waals surface area contributed by atoms with E-state index in [1.165, 1.54) is 24.5 Å². The highest BCUT2D eigenvalue weighted by atomic mass is 16.5. The quantitative estimate of drug-likeness (QED) is 0.344. The third-order valence-corrected chi connectivity index (χ3v) is 1.74. The Morgan fingerprint density at radius 2 is 2.27 bits per heavy atom. The molecule has 80 valence electrons. The first kappa shape index (κ1) is 11.2. The van der Waals surface area contributed by atoms with E-state index in [1.807, 2.05) is 6.92 Å². The summed E-state index contributed by atoms with van der Waals surface area (Å²) in [4.78, 5) is 11.4. The molecular weight excluding hydrogens is 194 g/mol. The predicted molar refractivity (Wildman–Crippen MR) is 56.3 cm³/mol. The lowest BCUT2D eigenvalue weighted by atomic mass is 10.2. The summed E-state index contributed by atoms with van der Waals surface area (Å²) in [5.41, 5.74) is 2.79. The van der Waals surface area contributed by atoms with Crippen LogP contribution in [0.4, 0.5) is 0 Å². The summed E-state index contributed by atoms with van der Waals surface area (Å²) in [6, 6.07) is 2.88. The average molecular weight is 207 g/mol. The lowest BCUT2D eigenvalue weighted by Gasteiger charge is -1.99. The number of aromatic nitrogens is 1. The fraction of sp³-hybridized carbons (Fsp3) is 0.300. The topological polar surface area (TPSA) is 68.4 Å². The highest BCUT2D eigenvalue weighted by Crippen LogP contribution is 1.94. The number of amides is 1. The minimum absolute atomic E-state index is 0.317. The summed E-state index contributed by atoms with van der Waals surface area (Å²) in [6.45, 7) is 2.03. The van der Waals surface area contributed by atoms with E-state index in [9.17, 15) is 10.0 Å². The molecule has 1 aromatic rings. The predicted octanol–water partition coefficient (Wildman–Crippen LogP) is 0.836. The lowest BCUT2D eigenvalue weighted by Crippen LogP contribution is -2.26. The molecule has 0 aliphatic heterocycles. The number of carbonyl (C=O) groups is 1. The number of nitrogens with zero attached hydrogens (tertiary/aromatic N) is 2. The van der Waals surface area contributed by atoms with Crippen LogP contribution in [0, 0.1) is 5.21 Å². The average Bonchev–Trinajstić information content (AvgIpc) is 2.25. The molecule has 0 atom stereocenters. The van der Waals surface area contributed by atoms with Crippen LogP contribution in [-0.2, 0) is 0 Å². The Morgan fingerprint density at radius 1 is 1.60 bits per heavy atom. The van der Waals surface area contributed by atoms with Crippen LogP contribution >= 0.6 is 0 Å². The maximum atomic E-state index is 11.4. The molecule has 0 spiro atoms. The van der Waals surface area contributed by atoms with Gasteiger partial charge in [-0.1, -0.05) is 13.3 Å². The minimum atomic E-state index is -0.317. The molecule has 0 aromatic carbocycles. The number of hydrazone groups is 1. The van der Waals surface area contributed by atoms with Crippen LogP contribution in [0.5, 0.6) is 0 Å². The molecule has 0 saturated carbocycles. The molecule has 0 aliphatic rings. The van der Waals surface area contributed by atoms with Crippen molar-refractivity contribution in [1.82, 2.24) is 5.43 Å². The van der Waals surface area contributed by atoms with Gasteiger partial charge in [0.1, 0.15) is 0 Å². The lowest BCUT2D eigenvalue weighted by molar-refractivity contribution is -0.605. The van der Waals surface area contributed by atoms with Crippen LogP contribution in [0.1, 0.15) is 30.1 Å². The number of nitrogens with one attached hydrogen (secondary N) is 1. The van der Waals surface area contributed by atoms with E-state index in [-0.39, 0.29) is 5.91 Å². The van der Waals surface area contributed by atoms with Gasteiger partial charge in [0.25, 0.3) is 5.91 Å². The second kappa shape index (κ2) is 5.74. The van der Waals surface area contributed by atoms with E-state index in [0.29, 0.717) is 10.3 Å². The Labute approximate surface area is 88.0 Å². The first-order valence-electron chi connectivity index (χ1n) is 4.74. The smallest absolute Gasteiger partial charge is 0.271 e. The van der Waals surface area contributed by atoms with Crippen LogP contribution in [-0.4, -0.2) is 12.1 Å². The summed E-state index contributed by atoms with van der Waals surface area (Å²) >= 11 is 0. The number of carbonyl (C=O) groups excluding carboxylic acids is 1. The summed E-state index contributed by atoms with van der Waals surface area (Å²) < 4.78 is 0.622. The molecule has 5 nitrogen and oxygen atoms in total. The van der Waals surface area contributed by atoms with Crippen LogP contribution in [0.2, 0.25) is 0 Å². The maximum absolute atomic E-state index is 11.4. The van der Waals surface area contributed by atoms with Gasteiger partial charge in [0.05, 0.1) is 5.56 Å². The number of pyridine rings is 1. The first-order chi connectivity index (χ1) is 7.24. The molecule has 5 heteroatoms.